The fraction of sp³-hybridized carbons (Fsp3) is 0.727. The van der Waals surface area contributed by atoms with Crippen molar-refractivity contribution in [3.63, 3.8) is 0 Å². The van der Waals surface area contributed by atoms with E-state index in [1.54, 1.807) is 0 Å². The molecule has 2 saturated carbocycles. The van der Waals surface area contributed by atoms with Crippen molar-refractivity contribution in [2.24, 2.45) is 23.7 Å². The normalized spacial score (nSPS) is 49.8. The van der Waals surface area contributed by atoms with E-state index in [4.69, 9.17) is 0 Å². The van der Waals surface area contributed by atoms with Gasteiger partial charge in [0.2, 0.25) is 0 Å². The van der Waals surface area contributed by atoms with Crippen LogP contribution in [0.15, 0.2) is 12.2 Å². The van der Waals surface area contributed by atoms with Crippen LogP contribution in [0, 0.1) is 23.7 Å². The van der Waals surface area contributed by atoms with Crippen molar-refractivity contribution in [3.05, 3.63) is 12.2 Å². The number of allylic oxidation sites excluding steroid dienone is 2. The molecule has 2 bridgehead atoms. The molecule has 3 aliphatic carbocycles. The predicted molar refractivity (Wildman–Crippen MR) is 46.6 cm³/mol. The predicted octanol–water partition coefficient (Wildman–Crippen LogP) is 2.18. The molecule has 3 rings (SSSR count). The average Bonchev–Trinajstić information content (AvgIpc) is 2.61. The first-order chi connectivity index (χ1) is 5.88. The number of carbonyl (C=O) groups is 1. The topological polar surface area (TPSA) is 17.1 Å². The molecule has 4 atom stereocenters. The van der Waals surface area contributed by atoms with E-state index < -0.39 is 0 Å². The number of ketones is 1. The number of carbonyl (C=O) groups excluding carboxylic acids is 1. The monoisotopic (exact) mass is 162 g/mol. The average molecular weight is 162 g/mol. The molecular weight excluding hydrogens is 148 g/mol. The zero-order valence-electron chi connectivity index (χ0n) is 7.20. The maximum atomic E-state index is 11.7. The molecule has 3 aliphatic rings. The molecule has 0 unspecified atom stereocenters. The lowest BCUT2D eigenvalue weighted by Crippen LogP contribution is -2.22. The molecule has 0 aromatic rings. The Morgan fingerprint density at radius 1 is 1.00 bits per heavy atom. The Morgan fingerprint density at radius 3 is 2.00 bits per heavy atom. The minimum atomic E-state index is 0.334. The molecule has 0 heterocycles. The Bertz CT molecular complexity index is 230. The Balaban J connectivity index is 1.98. The highest BCUT2D eigenvalue weighted by Crippen LogP contribution is 2.51. The Labute approximate surface area is 72.8 Å². The van der Waals surface area contributed by atoms with E-state index in [1.165, 1.54) is 25.7 Å². The minimum Gasteiger partial charge on any atom is -0.298 e. The fourth-order valence-electron chi connectivity index (χ4n) is 3.44. The molecular formula is C11H14O. The first-order valence-electron chi connectivity index (χ1n) is 5.10. The summed E-state index contributed by atoms with van der Waals surface area (Å²) >= 11 is 0. The van der Waals surface area contributed by atoms with E-state index in [9.17, 15) is 4.79 Å². The Hall–Kier alpha value is -0.590. The summed E-state index contributed by atoms with van der Waals surface area (Å²) in [4.78, 5) is 11.7. The summed E-state index contributed by atoms with van der Waals surface area (Å²) in [5, 5.41) is 0. The van der Waals surface area contributed by atoms with Gasteiger partial charge in [0.15, 0.2) is 0 Å². The van der Waals surface area contributed by atoms with Crippen LogP contribution in [-0.4, -0.2) is 5.78 Å². The number of rotatable bonds is 0. The molecule has 2 fully saturated rings. The van der Waals surface area contributed by atoms with Crippen molar-refractivity contribution in [1.29, 1.82) is 0 Å². The standard InChI is InChI=1S/C11H14O/c12-11-9-5-6-10(11)8-4-2-1-3-7(8)9/h5-10H,1-4H2/t7-,8+,9-,10+. The first kappa shape index (κ1) is 6.88. The van der Waals surface area contributed by atoms with E-state index >= 15 is 0 Å². The zero-order valence-corrected chi connectivity index (χ0v) is 7.20. The van der Waals surface area contributed by atoms with Crippen LogP contribution in [0.5, 0.6) is 0 Å². The Kier molecular flexibility index (Phi) is 1.27. The van der Waals surface area contributed by atoms with E-state index in [2.05, 4.69) is 12.2 Å². The van der Waals surface area contributed by atoms with Crippen molar-refractivity contribution in [3.8, 4) is 0 Å². The van der Waals surface area contributed by atoms with Gasteiger partial charge in [-0.2, -0.15) is 0 Å². The van der Waals surface area contributed by atoms with Crippen molar-refractivity contribution >= 4 is 5.78 Å². The SMILES string of the molecule is O=C1[C@H]2C=C[C@@H]1[C@@H]1CCCC[C@@H]12. The number of Topliss-reactive ketones (excluding diaryl/α,β-unsaturated/α-hetero) is 1. The zero-order chi connectivity index (χ0) is 8.13. The van der Waals surface area contributed by atoms with Gasteiger partial charge in [-0.25, -0.2) is 0 Å². The summed E-state index contributed by atoms with van der Waals surface area (Å²) < 4.78 is 0. The van der Waals surface area contributed by atoms with Crippen LogP contribution >= 0.6 is 0 Å². The second-order valence-electron chi connectivity index (χ2n) is 4.45. The van der Waals surface area contributed by atoms with E-state index in [1.807, 2.05) is 0 Å². The van der Waals surface area contributed by atoms with Gasteiger partial charge in [0.05, 0.1) is 0 Å². The van der Waals surface area contributed by atoms with E-state index in [-0.39, 0.29) is 0 Å². The van der Waals surface area contributed by atoms with Gasteiger partial charge in [0.1, 0.15) is 5.78 Å². The third kappa shape index (κ3) is 0.675. The van der Waals surface area contributed by atoms with Crippen molar-refractivity contribution < 1.29 is 4.79 Å². The van der Waals surface area contributed by atoms with Gasteiger partial charge in [-0.15, -0.1) is 0 Å². The van der Waals surface area contributed by atoms with Crippen molar-refractivity contribution in [2.45, 2.75) is 25.7 Å². The minimum absolute atomic E-state index is 0.334. The lowest BCUT2D eigenvalue weighted by atomic mass is 9.73. The van der Waals surface area contributed by atoms with E-state index in [0.717, 1.165) is 11.8 Å². The number of hydrogen-bond acceptors (Lipinski definition) is 1. The van der Waals surface area contributed by atoms with Gasteiger partial charge < -0.3 is 0 Å². The van der Waals surface area contributed by atoms with Gasteiger partial charge in [0, 0.05) is 11.8 Å². The highest BCUT2D eigenvalue weighted by Gasteiger charge is 2.50. The first-order valence-corrected chi connectivity index (χ1v) is 5.10. The van der Waals surface area contributed by atoms with Gasteiger partial charge in [-0.3, -0.25) is 4.79 Å². The summed E-state index contributed by atoms with van der Waals surface area (Å²) in [6.07, 6.45) is 9.65. The quantitative estimate of drug-likeness (QED) is 0.499. The molecule has 0 radical (unpaired) electrons. The number of fused-ring (bicyclic) bond motifs is 5. The maximum Gasteiger partial charge on any atom is 0.147 e. The van der Waals surface area contributed by atoms with Crippen LogP contribution in [0.1, 0.15) is 25.7 Å². The van der Waals surface area contributed by atoms with Gasteiger partial charge in [0.25, 0.3) is 0 Å². The van der Waals surface area contributed by atoms with Crippen LogP contribution in [0.25, 0.3) is 0 Å². The summed E-state index contributed by atoms with van der Waals surface area (Å²) in [7, 11) is 0. The molecule has 64 valence electrons. The maximum absolute atomic E-state index is 11.7. The molecule has 12 heavy (non-hydrogen) atoms. The highest BCUT2D eigenvalue weighted by atomic mass is 16.1. The second-order valence-corrected chi connectivity index (χ2v) is 4.45. The lowest BCUT2D eigenvalue weighted by Gasteiger charge is -2.30. The summed E-state index contributed by atoms with van der Waals surface area (Å²) in [6.45, 7) is 0. The highest BCUT2D eigenvalue weighted by molar-refractivity contribution is 5.92. The van der Waals surface area contributed by atoms with Crippen molar-refractivity contribution in [2.75, 3.05) is 0 Å². The largest absolute Gasteiger partial charge is 0.298 e. The molecule has 0 amide bonds. The summed E-state index contributed by atoms with van der Waals surface area (Å²) in [5.74, 6) is 2.68. The molecule has 0 saturated heterocycles. The van der Waals surface area contributed by atoms with Crippen molar-refractivity contribution in [1.82, 2.24) is 0 Å². The van der Waals surface area contributed by atoms with Crippen LogP contribution < -0.4 is 0 Å². The molecule has 0 N–H and O–H groups in total. The van der Waals surface area contributed by atoms with Gasteiger partial charge in [-0.05, 0) is 24.7 Å². The Morgan fingerprint density at radius 2 is 1.50 bits per heavy atom. The molecule has 0 spiro atoms. The molecule has 1 nitrogen and oxygen atoms in total. The van der Waals surface area contributed by atoms with Gasteiger partial charge >= 0.3 is 0 Å². The lowest BCUT2D eigenvalue weighted by molar-refractivity contribution is -0.121. The van der Waals surface area contributed by atoms with Gasteiger partial charge in [-0.1, -0.05) is 25.0 Å². The van der Waals surface area contributed by atoms with Crippen LogP contribution in [0.3, 0.4) is 0 Å². The molecule has 1 heteroatoms. The van der Waals surface area contributed by atoms with Crippen LogP contribution in [0.2, 0.25) is 0 Å². The van der Waals surface area contributed by atoms with Crippen LogP contribution in [-0.2, 0) is 4.79 Å². The molecule has 0 aromatic heterocycles. The summed E-state index contributed by atoms with van der Waals surface area (Å²) in [6, 6.07) is 0. The second kappa shape index (κ2) is 2.21. The summed E-state index contributed by atoms with van der Waals surface area (Å²) in [5.41, 5.74) is 0. The third-order valence-corrected chi connectivity index (χ3v) is 3.98. The van der Waals surface area contributed by atoms with E-state index in [0.29, 0.717) is 17.6 Å². The fourth-order valence-corrected chi connectivity index (χ4v) is 3.44. The molecule has 0 aliphatic heterocycles. The van der Waals surface area contributed by atoms with Crippen LogP contribution in [0.4, 0.5) is 0 Å². The molecule has 0 aromatic carbocycles. The third-order valence-electron chi connectivity index (χ3n) is 3.98. The smallest absolute Gasteiger partial charge is 0.147 e. The number of hydrogen-bond donors (Lipinski definition) is 0.